The van der Waals surface area contributed by atoms with E-state index in [-0.39, 0.29) is 7.43 Å². The van der Waals surface area contributed by atoms with E-state index in [9.17, 15) is 0 Å². The van der Waals surface area contributed by atoms with E-state index < -0.39 is 0 Å². The summed E-state index contributed by atoms with van der Waals surface area (Å²) in [5.41, 5.74) is 0. The molecule has 0 amide bonds. The Hall–Kier alpha value is -0.790. The minimum Gasteiger partial charge on any atom is -0.276 e. The third kappa shape index (κ3) is 1.39. The first-order chi connectivity index (χ1) is 2.89. The van der Waals surface area contributed by atoms with Crippen molar-refractivity contribution in [2.45, 2.75) is 7.43 Å². The van der Waals surface area contributed by atoms with Crippen LogP contribution in [0.5, 0.6) is 0 Å². The van der Waals surface area contributed by atoms with E-state index in [1.165, 1.54) is 0 Å². The Kier molecular flexibility index (Phi) is 2.12. The molecule has 2 heteroatoms. The van der Waals surface area contributed by atoms with Gasteiger partial charge >= 0.3 is 0 Å². The van der Waals surface area contributed by atoms with Crippen LogP contribution in [0.4, 0.5) is 0 Å². The summed E-state index contributed by atoms with van der Waals surface area (Å²) in [7, 11) is 1.89. The highest BCUT2D eigenvalue weighted by atomic mass is 15.2. The lowest BCUT2D eigenvalue weighted by Crippen LogP contribution is -1.83. The van der Waals surface area contributed by atoms with Gasteiger partial charge in [0.2, 0.25) is 0 Å². The molecule has 0 bridgehead atoms. The lowest BCUT2D eigenvalue weighted by atomic mass is 10.8. The lowest BCUT2D eigenvalue weighted by Gasteiger charge is -1.77. The van der Waals surface area contributed by atoms with Crippen LogP contribution in [-0.2, 0) is 7.05 Å². The predicted molar refractivity (Wildman–Crippen MR) is 29.9 cm³/mol. The predicted octanol–water partition coefficient (Wildman–Crippen LogP) is 1.06. The molecule has 2 nitrogen and oxygen atoms in total. The second kappa shape index (κ2) is 2.39. The highest BCUT2D eigenvalue weighted by Gasteiger charge is 1.69. The normalized spacial score (nSPS) is 7.57. The van der Waals surface area contributed by atoms with Gasteiger partial charge in [0.15, 0.2) is 0 Å². The third-order valence-electron chi connectivity index (χ3n) is 0.637. The molecule has 0 saturated carbocycles. The lowest BCUT2D eigenvalue weighted by molar-refractivity contribution is 0.768. The van der Waals surface area contributed by atoms with Gasteiger partial charge in [-0.15, -0.1) is 0 Å². The number of nitrogens with zero attached hydrogens (tertiary/aromatic N) is 2. The second-order valence-corrected chi connectivity index (χ2v) is 1.18. The van der Waals surface area contributed by atoms with Gasteiger partial charge in [0.05, 0.1) is 0 Å². The first kappa shape index (κ1) is 6.21. The third-order valence-corrected chi connectivity index (χ3v) is 0.637. The van der Waals surface area contributed by atoms with Crippen molar-refractivity contribution >= 4 is 0 Å². The van der Waals surface area contributed by atoms with E-state index in [1.807, 2.05) is 19.3 Å². The fourth-order valence-electron chi connectivity index (χ4n) is 0.345. The average Bonchev–Trinajstić information content (AvgIpc) is 1.86. The molecule has 1 aromatic heterocycles. The van der Waals surface area contributed by atoms with Crippen LogP contribution in [0.3, 0.4) is 0 Å². The van der Waals surface area contributed by atoms with Gasteiger partial charge in [-0.2, -0.15) is 5.10 Å². The topological polar surface area (TPSA) is 17.8 Å². The second-order valence-electron chi connectivity index (χ2n) is 1.18. The summed E-state index contributed by atoms with van der Waals surface area (Å²) in [5, 5.41) is 3.83. The molecule has 0 aliphatic rings. The molecule has 0 unspecified atom stereocenters. The molecule has 40 valence electrons. The van der Waals surface area contributed by atoms with Crippen LogP contribution in [-0.4, -0.2) is 9.78 Å². The summed E-state index contributed by atoms with van der Waals surface area (Å²) in [4.78, 5) is 0. The van der Waals surface area contributed by atoms with E-state index in [0.717, 1.165) is 0 Å². The molecule has 0 aromatic carbocycles. The van der Waals surface area contributed by atoms with Gasteiger partial charge in [-0.3, -0.25) is 4.68 Å². The van der Waals surface area contributed by atoms with Gasteiger partial charge in [-0.05, 0) is 6.07 Å². The molecule has 0 atom stereocenters. The summed E-state index contributed by atoms with van der Waals surface area (Å²) in [5.74, 6) is 0. The van der Waals surface area contributed by atoms with Gasteiger partial charge in [-0.25, -0.2) is 0 Å². The van der Waals surface area contributed by atoms with Crippen molar-refractivity contribution in [3.8, 4) is 0 Å². The van der Waals surface area contributed by atoms with Crippen LogP contribution < -0.4 is 0 Å². The van der Waals surface area contributed by atoms with E-state index in [1.54, 1.807) is 10.9 Å². The van der Waals surface area contributed by atoms with Crippen molar-refractivity contribution in [2.24, 2.45) is 7.05 Å². The largest absolute Gasteiger partial charge is 0.276 e. The number of aryl methyl sites for hydroxylation is 1. The van der Waals surface area contributed by atoms with Gasteiger partial charge < -0.3 is 0 Å². The summed E-state index contributed by atoms with van der Waals surface area (Å²) in [6, 6.07) is 1.89. The smallest absolute Gasteiger partial charge is 0.0489 e. The van der Waals surface area contributed by atoms with Crippen LogP contribution in [0.1, 0.15) is 7.43 Å². The highest BCUT2D eigenvalue weighted by Crippen LogP contribution is 1.73. The minimum atomic E-state index is 0. The van der Waals surface area contributed by atoms with Crippen molar-refractivity contribution in [1.82, 2.24) is 9.78 Å². The molecule has 0 radical (unpaired) electrons. The summed E-state index contributed by atoms with van der Waals surface area (Å²) >= 11 is 0. The van der Waals surface area contributed by atoms with E-state index >= 15 is 0 Å². The molecular formula is C5H10N2. The van der Waals surface area contributed by atoms with Crippen LogP contribution in [0.15, 0.2) is 18.5 Å². The maximum atomic E-state index is 3.83. The molecule has 0 aliphatic carbocycles. The number of rotatable bonds is 0. The zero-order valence-corrected chi connectivity index (χ0v) is 3.63. The molecule has 7 heavy (non-hydrogen) atoms. The highest BCUT2D eigenvalue weighted by molar-refractivity contribution is 4.75. The van der Waals surface area contributed by atoms with Crippen molar-refractivity contribution < 1.29 is 0 Å². The van der Waals surface area contributed by atoms with Gasteiger partial charge in [0.25, 0.3) is 0 Å². The quantitative estimate of drug-likeness (QED) is 0.474. The Morgan fingerprint density at radius 2 is 2.29 bits per heavy atom. The van der Waals surface area contributed by atoms with Crippen molar-refractivity contribution in [2.75, 3.05) is 0 Å². The fraction of sp³-hybridized carbons (Fsp3) is 0.400. The first-order valence-electron chi connectivity index (χ1n) is 1.83. The maximum Gasteiger partial charge on any atom is 0.0489 e. The van der Waals surface area contributed by atoms with Crippen molar-refractivity contribution in [1.29, 1.82) is 0 Å². The number of hydrogen-bond donors (Lipinski definition) is 0. The molecular weight excluding hydrogens is 88.1 g/mol. The molecule has 1 heterocycles. The summed E-state index contributed by atoms with van der Waals surface area (Å²) in [6.45, 7) is 0. The first-order valence-corrected chi connectivity index (χ1v) is 1.83. The summed E-state index contributed by atoms with van der Waals surface area (Å²) < 4.78 is 1.75. The van der Waals surface area contributed by atoms with Crippen LogP contribution in [0, 0.1) is 0 Å². The van der Waals surface area contributed by atoms with E-state index in [0.29, 0.717) is 0 Å². The SMILES string of the molecule is C.Cn1cccn1. The summed E-state index contributed by atoms with van der Waals surface area (Å²) in [6.07, 6.45) is 3.64. The fourth-order valence-corrected chi connectivity index (χ4v) is 0.345. The van der Waals surface area contributed by atoms with Gasteiger partial charge in [0.1, 0.15) is 0 Å². The number of aromatic nitrogens is 2. The Labute approximate surface area is 43.8 Å². The molecule has 0 fully saturated rings. The standard InChI is InChI=1S/C4H6N2.CH4/c1-6-4-2-3-5-6;/h2-4H,1H3;1H4. The monoisotopic (exact) mass is 98.1 g/mol. The van der Waals surface area contributed by atoms with Crippen LogP contribution in [0.25, 0.3) is 0 Å². The Morgan fingerprint density at radius 3 is 2.43 bits per heavy atom. The van der Waals surface area contributed by atoms with Gasteiger partial charge in [0, 0.05) is 19.4 Å². The van der Waals surface area contributed by atoms with Crippen LogP contribution >= 0.6 is 0 Å². The van der Waals surface area contributed by atoms with Gasteiger partial charge in [-0.1, -0.05) is 7.43 Å². The molecule has 0 N–H and O–H groups in total. The molecule has 0 aliphatic heterocycles. The zero-order chi connectivity index (χ0) is 4.41. The molecule has 1 rings (SSSR count). The van der Waals surface area contributed by atoms with Crippen molar-refractivity contribution in [3.05, 3.63) is 18.5 Å². The van der Waals surface area contributed by atoms with E-state index in [2.05, 4.69) is 5.10 Å². The average molecular weight is 98.1 g/mol. The molecule has 0 spiro atoms. The van der Waals surface area contributed by atoms with Crippen LogP contribution in [0.2, 0.25) is 0 Å². The Bertz CT molecular complexity index is 110. The number of hydrogen-bond acceptors (Lipinski definition) is 1. The molecule has 0 saturated heterocycles. The van der Waals surface area contributed by atoms with Crippen molar-refractivity contribution in [3.63, 3.8) is 0 Å². The Balaban J connectivity index is 0.000000360. The molecule has 1 aromatic rings. The maximum absolute atomic E-state index is 3.83. The minimum absolute atomic E-state index is 0. The Morgan fingerprint density at radius 1 is 1.57 bits per heavy atom. The zero-order valence-electron chi connectivity index (χ0n) is 3.63. The van der Waals surface area contributed by atoms with E-state index in [4.69, 9.17) is 0 Å².